The van der Waals surface area contributed by atoms with Crippen LogP contribution in [0.15, 0.2) is 46.0 Å². The van der Waals surface area contributed by atoms with Crippen LogP contribution >= 0.6 is 23.4 Å². The summed E-state index contributed by atoms with van der Waals surface area (Å²) in [5, 5.41) is 11.7. The lowest BCUT2D eigenvalue weighted by molar-refractivity contribution is -0.113. The van der Waals surface area contributed by atoms with Gasteiger partial charge in [0.2, 0.25) is 11.8 Å². The first-order valence-electron chi connectivity index (χ1n) is 8.02. The first kappa shape index (κ1) is 18.5. The van der Waals surface area contributed by atoms with Crippen LogP contribution in [-0.4, -0.2) is 21.9 Å². The Kier molecular flexibility index (Phi) is 5.64. The highest BCUT2D eigenvalue weighted by Crippen LogP contribution is 2.26. The molecule has 1 N–H and O–H groups in total. The van der Waals surface area contributed by atoms with Crippen LogP contribution in [0.2, 0.25) is 5.02 Å². The Bertz CT molecular complexity index is 956. The van der Waals surface area contributed by atoms with E-state index in [1.54, 1.807) is 12.1 Å². The van der Waals surface area contributed by atoms with Gasteiger partial charge in [-0.15, -0.1) is 10.2 Å². The SMILES string of the molecule is Cc1ccc(NC(=O)CSc2nnc(-c3ccc(C)c(C)c3)o2)c(Cl)c1. The fraction of sp³-hybridized carbons (Fsp3) is 0.211. The van der Waals surface area contributed by atoms with Gasteiger partial charge in [0.15, 0.2) is 0 Å². The van der Waals surface area contributed by atoms with Gasteiger partial charge in [-0.1, -0.05) is 35.5 Å². The molecule has 0 radical (unpaired) electrons. The lowest BCUT2D eigenvalue weighted by Crippen LogP contribution is -2.14. The highest BCUT2D eigenvalue weighted by molar-refractivity contribution is 7.99. The molecule has 0 spiro atoms. The second-order valence-corrected chi connectivity index (χ2v) is 7.33. The fourth-order valence-electron chi connectivity index (χ4n) is 2.29. The molecule has 26 heavy (non-hydrogen) atoms. The number of nitrogens with zero attached hydrogens (tertiary/aromatic N) is 2. The molecule has 0 aliphatic rings. The second-order valence-electron chi connectivity index (χ2n) is 5.99. The molecule has 3 rings (SSSR count). The molecule has 134 valence electrons. The van der Waals surface area contributed by atoms with Crippen LogP contribution in [-0.2, 0) is 4.79 Å². The Labute approximate surface area is 161 Å². The van der Waals surface area contributed by atoms with Gasteiger partial charge in [-0.3, -0.25) is 4.79 Å². The minimum absolute atomic E-state index is 0.152. The Morgan fingerprint density at radius 1 is 1.12 bits per heavy atom. The summed E-state index contributed by atoms with van der Waals surface area (Å²) in [4.78, 5) is 12.1. The number of benzene rings is 2. The fourth-order valence-corrected chi connectivity index (χ4v) is 3.14. The summed E-state index contributed by atoms with van der Waals surface area (Å²) < 4.78 is 5.64. The molecule has 0 aliphatic heterocycles. The molecule has 0 atom stereocenters. The first-order chi connectivity index (χ1) is 12.4. The van der Waals surface area contributed by atoms with Crippen LogP contribution in [0.3, 0.4) is 0 Å². The predicted molar refractivity (Wildman–Crippen MR) is 105 cm³/mol. The predicted octanol–water partition coefficient (Wildman–Crippen LogP) is 5.05. The summed E-state index contributed by atoms with van der Waals surface area (Å²) in [6.45, 7) is 6.02. The number of halogens is 1. The van der Waals surface area contributed by atoms with Crippen LogP contribution in [0.4, 0.5) is 5.69 Å². The molecular weight excluding hydrogens is 370 g/mol. The summed E-state index contributed by atoms with van der Waals surface area (Å²) in [5.41, 5.74) is 4.85. The maximum absolute atomic E-state index is 12.1. The summed E-state index contributed by atoms with van der Waals surface area (Å²) in [5.74, 6) is 0.406. The first-order valence-corrected chi connectivity index (χ1v) is 9.38. The third kappa shape index (κ3) is 4.45. The van der Waals surface area contributed by atoms with E-state index in [1.165, 1.54) is 17.3 Å². The van der Waals surface area contributed by atoms with Crippen LogP contribution in [0.5, 0.6) is 0 Å². The third-order valence-corrected chi connectivity index (χ3v) is 5.02. The maximum Gasteiger partial charge on any atom is 0.277 e. The summed E-state index contributed by atoms with van der Waals surface area (Å²) in [7, 11) is 0. The number of anilines is 1. The lowest BCUT2D eigenvalue weighted by Gasteiger charge is -2.06. The van der Waals surface area contributed by atoms with Gasteiger partial charge in [0.05, 0.1) is 16.5 Å². The van der Waals surface area contributed by atoms with Gasteiger partial charge in [0.1, 0.15) is 0 Å². The number of nitrogens with one attached hydrogen (secondary N) is 1. The zero-order valence-corrected chi connectivity index (χ0v) is 16.2. The van der Waals surface area contributed by atoms with Gasteiger partial charge in [0, 0.05) is 5.56 Å². The molecule has 0 fully saturated rings. The number of amides is 1. The number of hydrogen-bond acceptors (Lipinski definition) is 5. The standard InChI is InChI=1S/C19H18ClN3O2S/c1-11-4-7-16(15(20)8-11)21-17(24)10-26-19-23-22-18(25-19)14-6-5-12(2)13(3)9-14/h4-9H,10H2,1-3H3,(H,21,24). The Balaban J connectivity index is 1.60. The molecule has 1 heterocycles. The number of aryl methyl sites for hydroxylation is 3. The van der Waals surface area contributed by atoms with Crippen LogP contribution in [0.25, 0.3) is 11.5 Å². The second kappa shape index (κ2) is 7.93. The van der Waals surface area contributed by atoms with Crippen molar-refractivity contribution in [2.24, 2.45) is 0 Å². The highest BCUT2D eigenvalue weighted by atomic mass is 35.5. The number of carbonyl (C=O) groups is 1. The Hall–Kier alpha value is -2.31. The highest BCUT2D eigenvalue weighted by Gasteiger charge is 2.12. The van der Waals surface area contributed by atoms with Crippen molar-refractivity contribution in [3.05, 3.63) is 58.1 Å². The van der Waals surface area contributed by atoms with Gasteiger partial charge in [-0.25, -0.2) is 0 Å². The van der Waals surface area contributed by atoms with Crippen molar-refractivity contribution in [1.29, 1.82) is 0 Å². The van der Waals surface area contributed by atoms with Crippen LogP contribution in [0.1, 0.15) is 16.7 Å². The molecule has 1 amide bonds. The van der Waals surface area contributed by atoms with Crippen molar-refractivity contribution in [2.75, 3.05) is 11.1 Å². The van der Waals surface area contributed by atoms with E-state index >= 15 is 0 Å². The molecule has 0 saturated carbocycles. The monoisotopic (exact) mass is 387 g/mol. The molecule has 0 unspecified atom stereocenters. The molecule has 0 saturated heterocycles. The average Bonchev–Trinajstić information content (AvgIpc) is 3.07. The average molecular weight is 388 g/mol. The van der Waals surface area contributed by atoms with E-state index in [9.17, 15) is 4.79 Å². The summed E-state index contributed by atoms with van der Waals surface area (Å²) in [6, 6.07) is 11.4. The van der Waals surface area contributed by atoms with Gasteiger partial charge in [-0.05, 0) is 61.7 Å². The van der Waals surface area contributed by atoms with Crippen LogP contribution < -0.4 is 5.32 Å². The molecule has 0 aliphatic carbocycles. The number of rotatable bonds is 5. The van der Waals surface area contributed by atoms with Crippen molar-refractivity contribution < 1.29 is 9.21 Å². The number of hydrogen-bond donors (Lipinski definition) is 1. The van der Waals surface area contributed by atoms with E-state index < -0.39 is 0 Å². The van der Waals surface area contributed by atoms with Crippen molar-refractivity contribution in [3.63, 3.8) is 0 Å². The molecule has 7 heteroatoms. The topological polar surface area (TPSA) is 68.0 Å². The number of carbonyl (C=O) groups excluding carboxylic acids is 1. The maximum atomic E-state index is 12.1. The van der Waals surface area contributed by atoms with E-state index in [-0.39, 0.29) is 11.7 Å². The van der Waals surface area contributed by atoms with Crippen molar-refractivity contribution in [3.8, 4) is 11.5 Å². The lowest BCUT2D eigenvalue weighted by atomic mass is 10.1. The number of aromatic nitrogens is 2. The van der Waals surface area contributed by atoms with Gasteiger partial charge in [-0.2, -0.15) is 0 Å². The molecule has 1 aromatic heterocycles. The van der Waals surface area contributed by atoms with E-state index in [4.69, 9.17) is 16.0 Å². The van der Waals surface area contributed by atoms with Crippen molar-refractivity contribution >= 4 is 35.0 Å². The normalized spacial score (nSPS) is 10.8. The quantitative estimate of drug-likeness (QED) is 0.620. The minimum Gasteiger partial charge on any atom is -0.411 e. The van der Waals surface area contributed by atoms with E-state index in [2.05, 4.69) is 15.5 Å². The van der Waals surface area contributed by atoms with Crippen molar-refractivity contribution in [2.45, 2.75) is 26.0 Å². The zero-order valence-electron chi connectivity index (χ0n) is 14.7. The molecule has 3 aromatic rings. The zero-order chi connectivity index (χ0) is 18.7. The van der Waals surface area contributed by atoms with Gasteiger partial charge < -0.3 is 9.73 Å². The van der Waals surface area contributed by atoms with Crippen LogP contribution in [0, 0.1) is 20.8 Å². The third-order valence-electron chi connectivity index (χ3n) is 3.89. The van der Waals surface area contributed by atoms with Gasteiger partial charge >= 0.3 is 0 Å². The molecule has 0 bridgehead atoms. The van der Waals surface area contributed by atoms with E-state index in [0.29, 0.717) is 21.8 Å². The Morgan fingerprint density at radius 2 is 1.92 bits per heavy atom. The van der Waals surface area contributed by atoms with E-state index in [1.807, 2.05) is 45.0 Å². The van der Waals surface area contributed by atoms with Crippen molar-refractivity contribution in [1.82, 2.24) is 10.2 Å². The van der Waals surface area contributed by atoms with Gasteiger partial charge in [0.25, 0.3) is 5.22 Å². The molecule has 5 nitrogen and oxygen atoms in total. The smallest absolute Gasteiger partial charge is 0.277 e. The Morgan fingerprint density at radius 3 is 2.65 bits per heavy atom. The number of thioether (sulfide) groups is 1. The summed E-state index contributed by atoms with van der Waals surface area (Å²) in [6.07, 6.45) is 0. The minimum atomic E-state index is -0.188. The largest absolute Gasteiger partial charge is 0.411 e. The van der Waals surface area contributed by atoms with E-state index in [0.717, 1.165) is 16.7 Å². The summed E-state index contributed by atoms with van der Waals surface area (Å²) >= 11 is 7.31. The molecular formula is C19H18ClN3O2S. The molecule has 2 aromatic carbocycles.